The van der Waals surface area contributed by atoms with Crippen LogP contribution >= 0.6 is 0 Å². The van der Waals surface area contributed by atoms with E-state index in [-0.39, 0.29) is 11.5 Å². The summed E-state index contributed by atoms with van der Waals surface area (Å²) in [5, 5.41) is 0. The van der Waals surface area contributed by atoms with E-state index in [0.29, 0.717) is 0 Å². The molecular weight excluding hydrogens is 166 g/mol. The van der Waals surface area contributed by atoms with E-state index in [1.807, 2.05) is 0 Å². The van der Waals surface area contributed by atoms with E-state index in [4.69, 9.17) is 0 Å². The van der Waals surface area contributed by atoms with Crippen molar-refractivity contribution < 1.29 is 18.3 Å². The van der Waals surface area contributed by atoms with Crippen molar-refractivity contribution in [3.63, 3.8) is 0 Å². The maximum atomic E-state index is 12.7. The zero-order valence-corrected chi connectivity index (χ0v) is 6.51. The van der Waals surface area contributed by atoms with Crippen LogP contribution in [0.3, 0.4) is 0 Å². The van der Waals surface area contributed by atoms with Gasteiger partial charge in [0, 0.05) is 6.07 Å². The minimum atomic E-state index is -0.936. The van der Waals surface area contributed by atoms with Crippen LogP contribution in [0.25, 0.3) is 0 Å². The van der Waals surface area contributed by atoms with Gasteiger partial charge in [-0.1, -0.05) is 0 Å². The summed E-state index contributed by atoms with van der Waals surface area (Å²) < 4.78 is 33.5. The van der Waals surface area contributed by atoms with Crippen molar-refractivity contribution in [2.24, 2.45) is 0 Å². The smallest absolute Gasteiger partial charge is 0.228 e. The first kappa shape index (κ1) is 8.77. The molecule has 0 atom stereocenters. The Morgan fingerprint density at radius 1 is 1.42 bits per heavy atom. The number of ether oxygens (including phenoxy) is 2. The molecule has 2 nitrogen and oxygen atoms in total. The number of hydrogen-bond acceptors (Lipinski definition) is 2. The Balaban J connectivity index is 2.89. The molecule has 0 heterocycles. The van der Waals surface area contributed by atoms with Crippen LogP contribution in [-0.2, 0) is 0 Å². The van der Waals surface area contributed by atoms with E-state index in [1.165, 1.54) is 19.2 Å². The van der Waals surface area contributed by atoms with Gasteiger partial charge in [-0.25, -0.2) is 8.78 Å². The number of methoxy groups -OCH3 is 1. The van der Waals surface area contributed by atoms with E-state index in [9.17, 15) is 8.78 Å². The van der Waals surface area contributed by atoms with E-state index in [1.54, 1.807) is 0 Å². The highest BCUT2D eigenvalue weighted by Gasteiger charge is 2.03. The summed E-state index contributed by atoms with van der Waals surface area (Å²) in [7, 11) is 1.33. The van der Waals surface area contributed by atoms with Gasteiger partial charge in [0.25, 0.3) is 0 Å². The van der Waals surface area contributed by atoms with Crippen molar-refractivity contribution in [1.29, 1.82) is 0 Å². The van der Waals surface area contributed by atoms with Crippen LogP contribution in [0.5, 0.6) is 11.5 Å². The van der Waals surface area contributed by atoms with Gasteiger partial charge in [-0.05, 0) is 12.1 Å². The van der Waals surface area contributed by atoms with Crippen LogP contribution in [0, 0.1) is 5.82 Å². The van der Waals surface area contributed by atoms with E-state index in [2.05, 4.69) is 9.47 Å². The molecule has 0 saturated heterocycles. The predicted octanol–water partition coefficient (Wildman–Crippen LogP) is 2.14. The first-order valence-corrected chi connectivity index (χ1v) is 3.30. The second kappa shape index (κ2) is 3.90. The molecule has 0 aliphatic heterocycles. The van der Waals surface area contributed by atoms with Crippen molar-refractivity contribution in [2.75, 3.05) is 14.0 Å². The van der Waals surface area contributed by atoms with Crippen molar-refractivity contribution in [2.45, 2.75) is 0 Å². The Kier molecular flexibility index (Phi) is 2.85. The molecule has 12 heavy (non-hydrogen) atoms. The number of benzene rings is 1. The molecule has 0 saturated carbocycles. The average molecular weight is 174 g/mol. The molecule has 1 aromatic rings. The highest BCUT2D eigenvalue weighted by atomic mass is 19.1. The highest BCUT2D eigenvalue weighted by Crippen LogP contribution is 2.22. The van der Waals surface area contributed by atoms with Crippen LogP contribution < -0.4 is 9.47 Å². The normalized spacial score (nSPS) is 9.58. The summed E-state index contributed by atoms with van der Waals surface area (Å²) in [6.45, 7) is -0.936. The van der Waals surface area contributed by atoms with Gasteiger partial charge >= 0.3 is 0 Å². The van der Waals surface area contributed by atoms with Crippen molar-refractivity contribution >= 4 is 0 Å². The lowest BCUT2D eigenvalue weighted by atomic mass is 10.3. The predicted molar refractivity (Wildman–Crippen MR) is 39.6 cm³/mol. The zero-order valence-electron chi connectivity index (χ0n) is 6.51. The molecule has 0 aliphatic carbocycles. The fourth-order valence-corrected chi connectivity index (χ4v) is 0.793. The summed E-state index contributed by atoms with van der Waals surface area (Å²) in [6.07, 6.45) is 0. The Labute approximate surface area is 68.7 Å². The standard InChI is InChI=1S/C8H8F2O2/c1-11-8-4-6(12-5-9)2-3-7(8)10/h2-4H,5H2,1H3. The number of hydrogen-bond donors (Lipinski definition) is 0. The topological polar surface area (TPSA) is 18.5 Å². The first-order valence-electron chi connectivity index (χ1n) is 3.30. The van der Waals surface area contributed by atoms with Gasteiger partial charge in [0.15, 0.2) is 11.6 Å². The molecule has 0 radical (unpaired) electrons. The lowest BCUT2D eigenvalue weighted by Gasteiger charge is -2.04. The third kappa shape index (κ3) is 1.84. The number of alkyl halides is 1. The molecule has 66 valence electrons. The molecule has 4 heteroatoms. The molecule has 0 amide bonds. The van der Waals surface area contributed by atoms with E-state index < -0.39 is 12.7 Å². The van der Waals surface area contributed by atoms with Crippen LogP contribution in [0.15, 0.2) is 18.2 Å². The molecule has 0 aromatic heterocycles. The Hall–Kier alpha value is -1.32. The molecule has 1 aromatic carbocycles. The summed E-state index contributed by atoms with van der Waals surface area (Å²) in [6, 6.07) is 3.77. The summed E-state index contributed by atoms with van der Waals surface area (Å²) in [5.74, 6) is -0.208. The van der Waals surface area contributed by atoms with Gasteiger partial charge in [0.05, 0.1) is 7.11 Å². The second-order valence-electron chi connectivity index (χ2n) is 2.05. The second-order valence-corrected chi connectivity index (χ2v) is 2.05. The molecule has 0 spiro atoms. The molecular formula is C8H8F2O2. The fraction of sp³-hybridized carbons (Fsp3) is 0.250. The molecule has 0 N–H and O–H groups in total. The monoisotopic (exact) mass is 174 g/mol. The number of rotatable bonds is 3. The Morgan fingerprint density at radius 2 is 2.17 bits per heavy atom. The van der Waals surface area contributed by atoms with Gasteiger partial charge in [0.2, 0.25) is 6.86 Å². The summed E-state index contributed by atoms with van der Waals surface area (Å²) in [4.78, 5) is 0. The lowest BCUT2D eigenvalue weighted by Crippen LogP contribution is -1.92. The van der Waals surface area contributed by atoms with Crippen LogP contribution in [0.1, 0.15) is 0 Å². The molecule has 1 rings (SSSR count). The molecule has 0 unspecified atom stereocenters. The zero-order chi connectivity index (χ0) is 8.97. The Bertz CT molecular complexity index is 263. The summed E-state index contributed by atoms with van der Waals surface area (Å²) in [5.41, 5.74) is 0. The number of halogens is 2. The molecule has 0 fully saturated rings. The third-order valence-corrected chi connectivity index (χ3v) is 1.34. The van der Waals surface area contributed by atoms with Gasteiger partial charge in [-0.2, -0.15) is 0 Å². The van der Waals surface area contributed by atoms with Crippen molar-refractivity contribution in [3.05, 3.63) is 24.0 Å². The van der Waals surface area contributed by atoms with Gasteiger partial charge in [0.1, 0.15) is 5.75 Å². The van der Waals surface area contributed by atoms with Crippen LogP contribution in [0.2, 0.25) is 0 Å². The largest absolute Gasteiger partial charge is 0.494 e. The third-order valence-electron chi connectivity index (χ3n) is 1.34. The summed E-state index contributed by atoms with van der Waals surface area (Å²) >= 11 is 0. The van der Waals surface area contributed by atoms with Crippen molar-refractivity contribution in [1.82, 2.24) is 0 Å². The van der Waals surface area contributed by atoms with Gasteiger partial charge in [-0.3, -0.25) is 0 Å². The lowest BCUT2D eigenvalue weighted by molar-refractivity contribution is 0.191. The maximum absolute atomic E-state index is 12.7. The average Bonchev–Trinajstić information content (AvgIpc) is 2.09. The van der Waals surface area contributed by atoms with Gasteiger partial charge in [-0.15, -0.1) is 0 Å². The fourth-order valence-electron chi connectivity index (χ4n) is 0.793. The molecule has 0 bridgehead atoms. The Morgan fingerprint density at radius 3 is 2.75 bits per heavy atom. The van der Waals surface area contributed by atoms with Crippen LogP contribution in [-0.4, -0.2) is 14.0 Å². The minimum absolute atomic E-state index is 0.0425. The van der Waals surface area contributed by atoms with E-state index in [0.717, 1.165) is 6.07 Å². The maximum Gasteiger partial charge on any atom is 0.228 e. The first-order chi connectivity index (χ1) is 5.77. The van der Waals surface area contributed by atoms with Crippen molar-refractivity contribution in [3.8, 4) is 11.5 Å². The van der Waals surface area contributed by atoms with Crippen LogP contribution in [0.4, 0.5) is 8.78 Å². The minimum Gasteiger partial charge on any atom is -0.494 e. The molecule has 0 aliphatic rings. The quantitative estimate of drug-likeness (QED) is 0.698. The van der Waals surface area contributed by atoms with Gasteiger partial charge < -0.3 is 9.47 Å². The van der Waals surface area contributed by atoms with E-state index >= 15 is 0 Å². The highest BCUT2D eigenvalue weighted by molar-refractivity contribution is 5.34. The SMILES string of the molecule is COc1cc(OCF)ccc1F.